The first-order valence-corrected chi connectivity index (χ1v) is 9.84. The SMILES string of the molecule is C=C(C)C(=O)OCCOCCOCCOCCOS(=O)(=O)c1ccccc1. The number of rotatable bonds is 15. The molecule has 0 saturated carbocycles. The van der Waals surface area contributed by atoms with E-state index in [1.165, 1.54) is 12.1 Å². The van der Waals surface area contributed by atoms with Gasteiger partial charge in [-0.25, -0.2) is 4.79 Å². The van der Waals surface area contributed by atoms with Crippen LogP contribution in [0.2, 0.25) is 0 Å². The number of esters is 1. The lowest BCUT2D eigenvalue weighted by Gasteiger charge is -2.08. The van der Waals surface area contributed by atoms with Gasteiger partial charge >= 0.3 is 5.97 Å². The van der Waals surface area contributed by atoms with Crippen molar-refractivity contribution in [3.63, 3.8) is 0 Å². The van der Waals surface area contributed by atoms with Crippen molar-refractivity contribution >= 4 is 16.1 Å². The summed E-state index contributed by atoms with van der Waals surface area (Å²) < 4.78 is 49.2. The molecule has 0 atom stereocenters. The topological polar surface area (TPSA) is 97.4 Å². The van der Waals surface area contributed by atoms with Crippen molar-refractivity contribution in [3.8, 4) is 0 Å². The summed E-state index contributed by atoms with van der Waals surface area (Å²) in [6.45, 7) is 6.97. The monoisotopic (exact) mass is 402 g/mol. The van der Waals surface area contributed by atoms with E-state index in [1.54, 1.807) is 25.1 Å². The molecule has 0 amide bonds. The fourth-order valence-electron chi connectivity index (χ4n) is 1.72. The van der Waals surface area contributed by atoms with Crippen molar-refractivity contribution in [2.45, 2.75) is 11.8 Å². The van der Waals surface area contributed by atoms with Gasteiger partial charge in [0.1, 0.15) is 6.61 Å². The van der Waals surface area contributed by atoms with Crippen molar-refractivity contribution in [2.75, 3.05) is 52.9 Å². The van der Waals surface area contributed by atoms with Crippen LogP contribution in [0.4, 0.5) is 0 Å². The van der Waals surface area contributed by atoms with E-state index in [-0.39, 0.29) is 31.3 Å². The van der Waals surface area contributed by atoms with Gasteiger partial charge in [0.25, 0.3) is 10.1 Å². The van der Waals surface area contributed by atoms with Crippen LogP contribution >= 0.6 is 0 Å². The Kier molecular flexibility index (Phi) is 11.5. The number of hydrogen-bond acceptors (Lipinski definition) is 8. The van der Waals surface area contributed by atoms with Crippen LogP contribution in [0, 0.1) is 0 Å². The van der Waals surface area contributed by atoms with Crippen molar-refractivity contribution in [1.29, 1.82) is 0 Å². The standard InChI is InChI=1S/C18H26O8S/c1-16(2)18(19)25-14-12-23-10-8-22-9-11-24-13-15-26-27(20,21)17-6-4-3-5-7-17/h3-7H,1,8-15H2,2H3. The third-order valence-electron chi connectivity index (χ3n) is 3.05. The van der Waals surface area contributed by atoms with Gasteiger partial charge in [0.15, 0.2) is 0 Å². The number of carbonyl (C=O) groups excluding carboxylic acids is 1. The highest BCUT2D eigenvalue weighted by atomic mass is 32.2. The third-order valence-corrected chi connectivity index (χ3v) is 4.38. The Labute approximate surface area is 160 Å². The lowest BCUT2D eigenvalue weighted by Crippen LogP contribution is -2.15. The Bertz CT molecular complexity index is 657. The number of benzene rings is 1. The molecule has 1 aromatic carbocycles. The first-order chi connectivity index (χ1) is 12.9. The van der Waals surface area contributed by atoms with Crippen molar-refractivity contribution in [3.05, 3.63) is 42.5 Å². The minimum Gasteiger partial charge on any atom is -0.460 e. The third kappa shape index (κ3) is 10.8. The maximum atomic E-state index is 11.8. The first kappa shape index (κ1) is 23.3. The number of carbonyl (C=O) groups is 1. The van der Waals surface area contributed by atoms with E-state index in [4.69, 9.17) is 23.1 Å². The van der Waals surface area contributed by atoms with Crippen molar-refractivity contribution in [1.82, 2.24) is 0 Å². The minimum atomic E-state index is -3.75. The smallest absolute Gasteiger partial charge is 0.333 e. The van der Waals surface area contributed by atoms with Gasteiger partial charge in [0.05, 0.1) is 51.1 Å². The lowest BCUT2D eigenvalue weighted by molar-refractivity contribution is -0.140. The van der Waals surface area contributed by atoms with Gasteiger partial charge in [-0.15, -0.1) is 0 Å². The molecule has 0 fully saturated rings. The highest BCUT2D eigenvalue weighted by Gasteiger charge is 2.13. The zero-order valence-corrected chi connectivity index (χ0v) is 16.2. The van der Waals surface area contributed by atoms with Gasteiger partial charge in [-0.1, -0.05) is 24.8 Å². The highest BCUT2D eigenvalue weighted by molar-refractivity contribution is 7.86. The second kappa shape index (κ2) is 13.4. The predicted molar refractivity (Wildman–Crippen MR) is 97.8 cm³/mol. The molecular formula is C18H26O8S. The molecule has 0 aliphatic rings. The molecule has 1 aromatic rings. The Morgan fingerprint density at radius 2 is 1.33 bits per heavy atom. The normalized spacial score (nSPS) is 11.3. The van der Waals surface area contributed by atoms with Gasteiger partial charge in [-0.2, -0.15) is 8.42 Å². The van der Waals surface area contributed by atoms with Crippen LogP contribution in [0.25, 0.3) is 0 Å². The molecule has 0 N–H and O–H groups in total. The maximum Gasteiger partial charge on any atom is 0.333 e. The maximum absolute atomic E-state index is 11.8. The van der Waals surface area contributed by atoms with Gasteiger partial charge in [0, 0.05) is 5.57 Å². The molecule has 1 rings (SSSR count). The molecule has 0 heterocycles. The van der Waals surface area contributed by atoms with Crippen LogP contribution in [0.3, 0.4) is 0 Å². The molecule has 0 aliphatic heterocycles. The van der Waals surface area contributed by atoms with Crippen LogP contribution in [-0.2, 0) is 38.0 Å². The molecule has 9 heteroatoms. The van der Waals surface area contributed by atoms with Crippen LogP contribution in [-0.4, -0.2) is 67.2 Å². The summed E-state index contributed by atoms with van der Waals surface area (Å²) in [5, 5.41) is 0. The molecule has 8 nitrogen and oxygen atoms in total. The molecule has 0 bridgehead atoms. The summed E-state index contributed by atoms with van der Waals surface area (Å²) in [6, 6.07) is 7.92. The summed E-state index contributed by atoms with van der Waals surface area (Å²) in [6.07, 6.45) is 0. The molecule has 152 valence electrons. The predicted octanol–water partition coefficient (Wildman–Crippen LogP) is 1.56. The summed E-state index contributed by atoms with van der Waals surface area (Å²) in [5.41, 5.74) is 0.349. The van der Waals surface area contributed by atoms with Crippen LogP contribution < -0.4 is 0 Å². The van der Waals surface area contributed by atoms with Gasteiger partial charge in [0.2, 0.25) is 0 Å². The zero-order valence-electron chi connectivity index (χ0n) is 15.4. The largest absolute Gasteiger partial charge is 0.460 e. The Balaban J connectivity index is 1.91. The van der Waals surface area contributed by atoms with Crippen LogP contribution in [0.5, 0.6) is 0 Å². The molecule has 0 radical (unpaired) electrons. The van der Waals surface area contributed by atoms with Crippen LogP contribution in [0.15, 0.2) is 47.4 Å². The van der Waals surface area contributed by atoms with Gasteiger partial charge < -0.3 is 18.9 Å². The Morgan fingerprint density at radius 1 is 0.852 bits per heavy atom. The second-order valence-electron chi connectivity index (χ2n) is 5.34. The molecule has 0 saturated heterocycles. The summed E-state index contributed by atoms with van der Waals surface area (Å²) >= 11 is 0. The van der Waals surface area contributed by atoms with E-state index in [0.717, 1.165) is 0 Å². The molecule has 0 aromatic heterocycles. The average molecular weight is 402 g/mol. The second-order valence-corrected chi connectivity index (χ2v) is 6.96. The fraction of sp³-hybridized carbons (Fsp3) is 0.500. The Morgan fingerprint density at radius 3 is 1.85 bits per heavy atom. The number of hydrogen-bond donors (Lipinski definition) is 0. The van der Waals surface area contributed by atoms with Gasteiger partial charge in [-0.3, -0.25) is 4.18 Å². The number of ether oxygens (including phenoxy) is 4. The zero-order chi connectivity index (χ0) is 20.0. The summed E-state index contributed by atoms with van der Waals surface area (Å²) in [5.74, 6) is -0.437. The highest BCUT2D eigenvalue weighted by Crippen LogP contribution is 2.10. The van der Waals surface area contributed by atoms with E-state index in [2.05, 4.69) is 6.58 Å². The van der Waals surface area contributed by atoms with Crippen LogP contribution in [0.1, 0.15) is 6.92 Å². The van der Waals surface area contributed by atoms with E-state index >= 15 is 0 Å². The summed E-state index contributed by atoms with van der Waals surface area (Å²) in [4.78, 5) is 11.2. The van der Waals surface area contributed by atoms with E-state index in [0.29, 0.717) is 32.0 Å². The van der Waals surface area contributed by atoms with E-state index < -0.39 is 16.1 Å². The first-order valence-electron chi connectivity index (χ1n) is 8.44. The molecule has 27 heavy (non-hydrogen) atoms. The lowest BCUT2D eigenvalue weighted by atomic mass is 10.4. The molecule has 0 unspecified atom stereocenters. The quantitative estimate of drug-likeness (QED) is 0.189. The molecule has 0 aliphatic carbocycles. The minimum absolute atomic E-state index is 0.0662. The van der Waals surface area contributed by atoms with Crippen molar-refractivity contribution in [2.24, 2.45) is 0 Å². The Hall–Kier alpha value is -1.78. The molecule has 0 spiro atoms. The average Bonchev–Trinajstić information content (AvgIpc) is 2.65. The van der Waals surface area contributed by atoms with Gasteiger partial charge in [-0.05, 0) is 19.1 Å². The summed E-state index contributed by atoms with van der Waals surface area (Å²) in [7, 11) is -3.75. The fourth-order valence-corrected chi connectivity index (χ4v) is 2.63. The van der Waals surface area contributed by atoms with E-state index in [9.17, 15) is 13.2 Å². The van der Waals surface area contributed by atoms with E-state index in [1.807, 2.05) is 0 Å². The molecular weight excluding hydrogens is 376 g/mol. The van der Waals surface area contributed by atoms with Crippen molar-refractivity contribution < 1.29 is 36.3 Å².